The zero-order valence-corrected chi connectivity index (χ0v) is 15.3. The fourth-order valence-corrected chi connectivity index (χ4v) is 2.70. The van der Waals surface area contributed by atoms with Crippen molar-refractivity contribution in [3.8, 4) is 5.69 Å². The molecule has 1 aromatic heterocycles. The summed E-state index contributed by atoms with van der Waals surface area (Å²) in [4.78, 5) is 47.7. The zero-order valence-electron chi connectivity index (χ0n) is 15.3. The van der Waals surface area contributed by atoms with Crippen molar-refractivity contribution in [3.05, 3.63) is 51.6 Å². The number of carbonyl (C=O) groups is 3. The molecule has 0 saturated heterocycles. The van der Waals surface area contributed by atoms with Crippen LogP contribution in [0.1, 0.15) is 41.5 Å². The SMILES string of the molecule is CC(C)(C)OC(=O)Nc1ccc(-n2c(N)c3c(cc2=O)C(=O)NC3=O)cc1F. The summed E-state index contributed by atoms with van der Waals surface area (Å²) in [7, 11) is 0. The number of nitrogens with one attached hydrogen (secondary N) is 2. The van der Waals surface area contributed by atoms with Gasteiger partial charge in [0, 0.05) is 12.1 Å². The van der Waals surface area contributed by atoms with Crippen molar-refractivity contribution in [2.75, 3.05) is 11.1 Å². The molecule has 0 unspecified atom stereocenters. The lowest BCUT2D eigenvalue weighted by Crippen LogP contribution is -2.27. The summed E-state index contributed by atoms with van der Waals surface area (Å²) in [6.45, 7) is 4.99. The Morgan fingerprint density at radius 1 is 1.18 bits per heavy atom. The van der Waals surface area contributed by atoms with Crippen LogP contribution in [0.3, 0.4) is 0 Å². The second-order valence-electron chi connectivity index (χ2n) is 7.07. The number of carbonyl (C=O) groups excluding carboxylic acids is 3. The summed E-state index contributed by atoms with van der Waals surface area (Å²) < 4.78 is 20.4. The number of imide groups is 1. The maximum absolute atomic E-state index is 14.4. The molecule has 10 heteroatoms. The molecule has 2 aromatic rings. The third-order valence-corrected chi connectivity index (χ3v) is 3.80. The minimum absolute atomic E-state index is 0.0182. The number of ether oxygens (including phenoxy) is 1. The minimum Gasteiger partial charge on any atom is -0.444 e. The summed E-state index contributed by atoms with van der Waals surface area (Å²) in [5.74, 6) is -2.61. The largest absolute Gasteiger partial charge is 0.444 e. The van der Waals surface area contributed by atoms with Crippen LogP contribution in [-0.4, -0.2) is 28.1 Å². The monoisotopic (exact) mass is 388 g/mol. The maximum atomic E-state index is 14.4. The number of nitrogens with two attached hydrogens (primary N) is 1. The zero-order chi connectivity index (χ0) is 20.8. The first kappa shape index (κ1) is 19.1. The van der Waals surface area contributed by atoms with E-state index >= 15 is 0 Å². The number of rotatable bonds is 2. The first-order valence-corrected chi connectivity index (χ1v) is 8.19. The van der Waals surface area contributed by atoms with Crippen molar-refractivity contribution in [1.82, 2.24) is 9.88 Å². The number of amides is 3. The van der Waals surface area contributed by atoms with E-state index in [4.69, 9.17) is 10.5 Å². The van der Waals surface area contributed by atoms with E-state index in [9.17, 15) is 23.6 Å². The van der Waals surface area contributed by atoms with Crippen LogP contribution < -0.4 is 21.9 Å². The Bertz CT molecular complexity index is 1080. The van der Waals surface area contributed by atoms with E-state index in [1.54, 1.807) is 20.8 Å². The van der Waals surface area contributed by atoms with Crippen LogP contribution in [0.5, 0.6) is 0 Å². The van der Waals surface area contributed by atoms with Crippen molar-refractivity contribution in [3.63, 3.8) is 0 Å². The number of anilines is 2. The van der Waals surface area contributed by atoms with Gasteiger partial charge in [0.15, 0.2) is 0 Å². The molecule has 0 saturated carbocycles. The molecule has 3 amide bonds. The van der Waals surface area contributed by atoms with Crippen LogP contribution in [0.4, 0.5) is 20.7 Å². The van der Waals surface area contributed by atoms with Crippen LogP contribution in [0.25, 0.3) is 5.69 Å². The Hall–Kier alpha value is -3.69. The van der Waals surface area contributed by atoms with Gasteiger partial charge in [0.1, 0.15) is 17.2 Å². The lowest BCUT2D eigenvalue weighted by molar-refractivity contribution is 0.0634. The van der Waals surface area contributed by atoms with Crippen molar-refractivity contribution in [2.45, 2.75) is 26.4 Å². The smallest absolute Gasteiger partial charge is 0.412 e. The van der Waals surface area contributed by atoms with E-state index in [1.807, 2.05) is 5.32 Å². The van der Waals surface area contributed by atoms with Gasteiger partial charge in [-0.15, -0.1) is 0 Å². The molecular weight excluding hydrogens is 371 g/mol. The number of nitrogen functional groups attached to an aromatic ring is 1. The molecule has 1 aliphatic rings. The lowest BCUT2D eigenvalue weighted by Gasteiger charge is -2.20. The predicted molar refractivity (Wildman–Crippen MR) is 98.1 cm³/mol. The molecule has 0 aliphatic carbocycles. The average Bonchev–Trinajstić information content (AvgIpc) is 2.82. The average molecular weight is 388 g/mol. The maximum Gasteiger partial charge on any atom is 0.412 e. The molecule has 9 nitrogen and oxygen atoms in total. The van der Waals surface area contributed by atoms with Gasteiger partial charge in [0.25, 0.3) is 17.4 Å². The fraction of sp³-hybridized carbons (Fsp3) is 0.222. The first-order valence-electron chi connectivity index (χ1n) is 8.19. The van der Waals surface area contributed by atoms with Crippen LogP contribution in [0, 0.1) is 5.82 Å². The normalized spacial score (nSPS) is 13.1. The van der Waals surface area contributed by atoms with E-state index in [0.717, 1.165) is 16.7 Å². The third-order valence-electron chi connectivity index (χ3n) is 3.80. The lowest BCUT2D eigenvalue weighted by atomic mass is 10.1. The van der Waals surface area contributed by atoms with Crippen LogP contribution in [0.2, 0.25) is 0 Å². The van der Waals surface area contributed by atoms with Gasteiger partial charge >= 0.3 is 6.09 Å². The molecule has 3 rings (SSSR count). The number of hydrogen-bond acceptors (Lipinski definition) is 6. The van der Waals surface area contributed by atoms with Crippen LogP contribution in [0.15, 0.2) is 29.1 Å². The molecule has 1 aromatic carbocycles. The molecule has 28 heavy (non-hydrogen) atoms. The highest BCUT2D eigenvalue weighted by Gasteiger charge is 2.32. The Morgan fingerprint density at radius 2 is 1.86 bits per heavy atom. The topological polar surface area (TPSA) is 133 Å². The Balaban J connectivity index is 1.99. The third kappa shape index (κ3) is 3.43. The molecule has 146 valence electrons. The van der Waals surface area contributed by atoms with E-state index in [2.05, 4.69) is 5.32 Å². The summed E-state index contributed by atoms with van der Waals surface area (Å²) in [6.07, 6.45) is -0.844. The fourth-order valence-electron chi connectivity index (χ4n) is 2.70. The second kappa shape index (κ2) is 6.48. The molecule has 0 radical (unpaired) electrons. The van der Waals surface area contributed by atoms with Crippen LogP contribution >= 0.6 is 0 Å². The van der Waals surface area contributed by atoms with E-state index in [1.165, 1.54) is 12.1 Å². The Morgan fingerprint density at radius 3 is 2.46 bits per heavy atom. The summed E-state index contributed by atoms with van der Waals surface area (Å²) in [5, 5.41) is 4.31. The van der Waals surface area contributed by atoms with Gasteiger partial charge in [-0.1, -0.05) is 0 Å². The van der Waals surface area contributed by atoms with Gasteiger partial charge in [0.2, 0.25) is 0 Å². The summed E-state index contributed by atoms with van der Waals surface area (Å²) in [6, 6.07) is 4.47. The van der Waals surface area contributed by atoms with Gasteiger partial charge in [-0.25, -0.2) is 9.18 Å². The molecular formula is C18H17FN4O5. The number of nitrogens with zero attached hydrogens (tertiary/aromatic N) is 1. The first-order chi connectivity index (χ1) is 13.0. The number of halogens is 1. The number of benzene rings is 1. The number of fused-ring (bicyclic) bond motifs is 1. The highest BCUT2D eigenvalue weighted by Crippen LogP contribution is 2.25. The van der Waals surface area contributed by atoms with Crippen molar-refractivity contribution in [1.29, 1.82) is 0 Å². The van der Waals surface area contributed by atoms with Gasteiger partial charge < -0.3 is 10.5 Å². The number of aromatic nitrogens is 1. The number of hydrogen-bond donors (Lipinski definition) is 3. The number of pyridine rings is 1. The summed E-state index contributed by atoms with van der Waals surface area (Å²) in [5.41, 5.74) is 3.99. The minimum atomic E-state index is -0.851. The van der Waals surface area contributed by atoms with Gasteiger partial charge in [-0.3, -0.25) is 29.6 Å². The molecule has 4 N–H and O–H groups in total. The highest BCUT2D eigenvalue weighted by atomic mass is 19.1. The quantitative estimate of drug-likeness (QED) is 0.672. The van der Waals surface area contributed by atoms with Gasteiger partial charge in [0.05, 0.1) is 22.5 Å². The predicted octanol–water partition coefficient (Wildman–Crippen LogP) is 1.79. The van der Waals surface area contributed by atoms with Crippen LogP contribution in [-0.2, 0) is 4.74 Å². The molecule has 0 fully saturated rings. The Kier molecular flexibility index (Phi) is 4.42. The Labute approximate surface area is 158 Å². The van der Waals surface area contributed by atoms with Gasteiger partial charge in [-0.05, 0) is 32.9 Å². The second-order valence-corrected chi connectivity index (χ2v) is 7.07. The molecule has 2 heterocycles. The molecule has 1 aliphatic heterocycles. The highest BCUT2D eigenvalue weighted by molar-refractivity contribution is 6.23. The summed E-state index contributed by atoms with van der Waals surface area (Å²) >= 11 is 0. The molecule has 0 atom stereocenters. The van der Waals surface area contributed by atoms with Crippen molar-refractivity contribution < 1.29 is 23.5 Å². The standard InChI is InChI=1S/C18H17FN4O5/c1-18(2,3)28-17(27)21-11-5-4-8(6-10(11)19)23-12(24)7-9-13(14(23)20)16(26)22-15(9)25/h4-7H,20H2,1-3H3,(H,21,27)(H,22,25,26). The van der Waals surface area contributed by atoms with E-state index in [0.29, 0.717) is 0 Å². The van der Waals surface area contributed by atoms with Gasteiger partial charge in [-0.2, -0.15) is 0 Å². The molecule has 0 bridgehead atoms. The van der Waals surface area contributed by atoms with E-state index < -0.39 is 34.9 Å². The molecule has 0 spiro atoms. The van der Waals surface area contributed by atoms with Crippen molar-refractivity contribution in [2.24, 2.45) is 0 Å². The van der Waals surface area contributed by atoms with Crippen molar-refractivity contribution >= 4 is 29.4 Å². The van der Waals surface area contributed by atoms with E-state index in [-0.39, 0.29) is 28.3 Å².